The fraction of sp³-hybridized carbons (Fsp3) is 0.538. The van der Waals surface area contributed by atoms with Crippen LogP contribution < -0.4 is 10.2 Å². The highest BCUT2D eigenvalue weighted by molar-refractivity contribution is 9.10. The maximum absolute atomic E-state index is 11.2. The largest absolute Gasteiger partial charge is 0.362 e. The minimum Gasteiger partial charge on any atom is -0.362 e. The number of nitrogens with one attached hydrogen (secondary N) is 1. The fourth-order valence-corrected chi connectivity index (χ4v) is 3.00. The Labute approximate surface area is 121 Å². The number of hydrogen-bond acceptors (Lipinski definition) is 4. The van der Waals surface area contributed by atoms with Crippen LogP contribution in [-0.2, 0) is 0 Å². The first-order valence-electron chi connectivity index (χ1n) is 6.48. The van der Waals surface area contributed by atoms with Gasteiger partial charge in [0.05, 0.1) is 4.92 Å². The topological polar surface area (TPSA) is 58.4 Å². The summed E-state index contributed by atoms with van der Waals surface area (Å²) in [7, 11) is 1.92. The molecule has 0 aliphatic carbocycles. The van der Waals surface area contributed by atoms with Crippen LogP contribution in [-0.4, -0.2) is 31.1 Å². The van der Waals surface area contributed by atoms with Crippen molar-refractivity contribution in [3.05, 3.63) is 32.8 Å². The molecular formula is C13H18BrN3O2. The monoisotopic (exact) mass is 327 g/mol. The van der Waals surface area contributed by atoms with Crippen LogP contribution in [0.15, 0.2) is 22.7 Å². The Hall–Kier alpha value is -1.14. The van der Waals surface area contributed by atoms with E-state index in [2.05, 4.69) is 26.1 Å². The predicted molar refractivity (Wildman–Crippen MR) is 79.7 cm³/mol. The minimum atomic E-state index is -0.300. The molecule has 0 aromatic heterocycles. The van der Waals surface area contributed by atoms with E-state index in [1.807, 2.05) is 19.2 Å². The molecule has 1 aliphatic heterocycles. The van der Waals surface area contributed by atoms with Gasteiger partial charge in [0.2, 0.25) is 0 Å². The second kappa shape index (κ2) is 6.34. The van der Waals surface area contributed by atoms with Crippen LogP contribution in [0.25, 0.3) is 0 Å². The number of benzene rings is 1. The molecule has 0 radical (unpaired) electrons. The van der Waals surface area contributed by atoms with Gasteiger partial charge >= 0.3 is 0 Å². The summed E-state index contributed by atoms with van der Waals surface area (Å²) in [6, 6.07) is 5.63. The van der Waals surface area contributed by atoms with E-state index in [0.29, 0.717) is 6.04 Å². The summed E-state index contributed by atoms with van der Waals surface area (Å²) in [5.41, 5.74) is 0.908. The Kier molecular flexibility index (Phi) is 4.76. The Morgan fingerprint density at radius 1 is 1.53 bits per heavy atom. The first kappa shape index (κ1) is 14.3. The third kappa shape index (κ3) is 3.25. The second-order valence-corrected chi connectivity index (χ2v) is 5.71. The highest BCUT2D eigenvalue weighted by Gasteiger charge is 2.27. The van der Waals surface area contributed by atoms with Gasteiger partial charge in [-0.2, -0.15) is 0 Å². The van der Waals surface area contributed by atoms with Crippen molar-refractivity contribution < 1.29 is 4.92 Å². The van der Waals surface area contributed by atoms with E-state index in [0.717, 1.165) is 36.1 Å². The lowest BCUT2D eigenvalue weighted by Gasteiger charge is -2.37. The lowest BCUT2D eigenvalue weighted by atomic mass is 10.0. The maximum Gasteiger partial charge on any atom is 0.293 e. The van der Waals surface area contributed by atoms with Gasteiger partial charge in [-0.05, 0) is 38.4 Å². The molecule has 0 amide bonds. The zero-order valence-electron chi connectivity index (χ0n) is 10.9. The summed E-state index contributed by atoms with van der Waals surface area (Å²) in [4.78, 5) is 13.1. The van der Waals surface area contributed by atoms with Crippen LogP contribution in [0, 0.1) is 10.1 Å². The number of halogens is 1. The quantitative estimate of drug-likeness (QED) is 0.682. The molecule has 1 unspecified atom stereocenters. The smallest absolute Gasteiger partial charge is 0.293 e. The second-order valence-electron chi connectivity index (χ2n) is 4.79. The van der Waals surface area contributed by atoms with Crippen molar-refractivity contribution in [1.82, 2.24) is 5.32 Å². The molecule has 1 fully saturated rings. The predicted octanol–water partition coefficient (Wildman–Crippen LogP) is 2.94. The van der Waals surface area contributed by atoms with Crippen LogP contribution in [0.3, 0.4) is 0 Å². The number of anilines is 1. The summed E-state index contributed by atoms with van der Waals surface area (Å²) >= 11 is 3.30. The molecule has 1 N–H and O–H groups in total. The highest BCUT2D eigenvalue weighted by Crippen LogP contribution is 2.34. The van der Waals surface area contributed by atoms with Crippen molar-refractivity contribution in [3.8, 4) is 0 Å². The average Bonchev–Trinajstić information content (AvgIpc) is 2.40. The molecule has 19 heavy (non-hydrogen) atoms. The van der Waals surface area contributed by atoms with E-state index in [4.69, 9.17) is 0 Å². The molecule has 2 rings (SSSR count). The van der Waals surface area contributed by atoms with E-state index < -0.39 is 0 Å². The highest BCUT2D eigenvalue weighted by atomic mass is 79.9. The van der Waals surface area contributed by atoms with Gasteiger partial charge in [-0.25, -0.2) is 0 Å². The summed E-state index contributed by atoms with van der Waals surface area (Å²) < 4.78 is 0.741. The Morgan fingerprint density at radius 2 is 2.32 bits per heavy atom. The number of nitrogens with zero attached hydrogens (tertiary/aromatic N) is 2. The van der Waals surface area contributed by atoms with Crippen LogP contribution in [0.5, 0.6) is 0 Å². The Morgan fingerprint density at radius 3 is 3.00 bits per heavy atom. The Bertz CT molecular complexity index is 465. The first-order chi connectivity index (χ1) is 9.13. The molecule has 1 atom stereocenters. The van der Waals surface area contributed by atoms with E-state index in [-0.39, 0.29) is 10.6 Å². The van der Waals surface area contributed by atoms with E-state index in [9.17, 15) is 10.1 Å². The summed E-state index contributed by atoms with van der Waals surface area (Å²) in [5, 5.41) is 14.4. The number of likely N-dealkylation sites (N-methyl/N-ethyl adjacent to an activating group) is 1. The van der Waals surface area contributed by atoms with Gasteiger partial charge in [-0.15, -0.1) is 0 Å². The molecule has 0 bridgehead atoms. The standard InChI is InChI=1S/C13H18BrN3O2/c1-15-9-11-4-2-3-7-16(11)12-6-5-10(14)8-13(12)17(18)19/h5-6,8,11,15H,2-4,7,9H2,1H3. The SMILES string of the molecule is CNCC1CCCCN1c1ccc(Br)cc1[N+](=O)[O-]. The maximum atomic E-state index is 11.2. The molecule has 6 heteroatoms. The number of rotatable bonds is 4. The van der Waals surface area contributed by atoms with E-state index in [1.54, 1.807) is 6.07 Å². The van der Waals surface area contributed by atoms with Crippen LogP contribution in [0.4, 0.5) is 11.4 Å². The molecule has 1 heterocycles. The molecule has 5 nitrogen and oxygen atoms in total. The van der Waals surface area contributed by atoms with Gasteiger partial charge in [0.15, 0.2) is 0 Å². The molecule has 0 saturated carbocycles. The molecule has 1 saturated heterocycles. The molecule has 1 aromatic carbocycles. The average molecular weight is 328 g/mol. The van der Waals surface area contributed by atoms with Crippen LogP contribution in [0.2, 0.25) is 0 Å². The first-order valence-corrected chi connectivity index (χ1v) is 7.28. The van der Waals surface area contributed by atoms with Crippen LogP contribution in [0.1, 0.15) is 19.3 Å². The normalized spacial score (nSPS) is 19.5. The molecule has 1 aliphatic rings. The van der Waals surface area contributed by atoms with Gasteiger partial charge in [0.25, 0.3) is 5.69 Å². The van der Waals surface area contributed by atoms with Crippen molar-refractivity contribution in [1.29, 1.82) is 0 Å². The van der Waals surface area contributed by atoms with Crippen molar-refractivity contribution in [2.45, 2.75) is 25.3 Å². The third-order valence-corrected chi connectivity index (χ3v) is 4.00. The molecular weight excluding hydrogens is 310 g/mol. The number of nitro benzene ring substituents is 1. The lowest BCUT2D eigenvalue weighted by molar-refractivity contribution is -0.384. The molecule has 0 spiro atoms. The Balaban J connectivity index is 2.35. The zero-order valence-corrected chi connectivity index (χ0v) is 12.5. The van der Waals surface area contributed by atoms with Gasteiger partial charge in [-0.1, -0.05) is 15.9 Å². The van der Waals surface area contributed by atoms with Gasteiger partial charge in [0.1, 0.15) is 5.69 Å². The van der Waals surface area contributed by atoms with Gasteiger partial charge in [-0.3, -0.25) is 10.1 Å². The summed E-state index contributed by atoms with van der Waals surface area (Å²) in [5.74, 6) is 0. The van der Waals surface area contributed by atoms with E-state index in [1.165, 1.54) is 6.42 Å². The third-order valence-electron chi connectivity index (χ3n) is 3.51. The number of nitro groups is 1. The lowest BCUT2D eigenvalue weighted by Crippen LogP contribution is -2.45. The van der Waals surface area contributed by atoms with Crippen LogP contribution >= 0.6 is 15.9 Å². The van der Waals surface area contributed by atoms with Crippen molar-refractivity contribution in [3.63, 3.8) is 0 Å². The summed E-state index contributed by atoms with van der Waals surface area (Å²) in [6.45, 7) is 1.74. The molecule has 1 aromatic rings. The minimum absolute atomic E-state index is 0.178. The van der Waals surface area contributed by atoms with Gasteiger partial charge < -0.3 is 10.2 Å². The van der Waals surface area contributed by atoms with Crippen molar-refractivity contribution in [2.75, 3.05) is 25.0 Å². The zero-order chi connectivity index (χ0) is 13.8. The van der Waals surface area contributed by atoms with Gasteiger partial charge in [0, 0.05) is 29.7 Å². The fourth-order valence-electron chi connectivity index (χ4n) is 2.65. The summed E-state index contributed by atoms with van der Waals surface area (Å²) in [6.07, 6.45) is 3.36. The molecule has 104 valence electrons. The van der Waals surface area contributed by atoms with E-state index >= 15 is 0 Å². The number of piperidine rings is 1. The van der Waals surface area contributed by atoms with Crippen molar-refractivity contribution >= 4 is 27.3 Å². The van der Waals surface area contributed by atoms with Crippen molar-refractivity contribution in [2.24, 2.45) is 0 Å². The number of hydrogen-bond donors (Lipinski definition) is 1.